The predicted octanol–water partition coefficient (Wildman–Crippen LogP) is 1.56. The van der Waals surface area contributed by atoms with Gasteiger partial charge in [0.2, 0.25) is 0 Å². The van der Waals surface area contributed by atoms with E-state index in [1.165, 1.54) is 12.8 Å². The Morgan fingerprint density at radius 2 is 2.38 bits per heavy atom. The summed E-state index contributed by atoms with van der Waals surface area (Å²) in [6.07, 6.45) is 4.44. The fourth-order valence-electron chi connectivity index (χ4n) is 1.94. The van der Waals surface area contributed by atoms with Crippen LogP contribution < -0.4 is 11.1 Å². The Morgan fingerprint density at radius 1 is 1.56 bits per heavy atom. The van der Waals surface area contributed by atoms with E-state index in [9.17, 15) is 0 Å². The number of anilines is 2. The van der Waals surface area contributed by atoms with E-state index in [0.717, 1.165) is 31.4 Å². The van der Waals surface area contributed by atoms with E-state index in [4.69, 9.17) is 5.73 Å². The minimum Gasteiger partial charge on any atom is -0.382 e. The number of nitrogen functional groups attached to an aromatic ring is 1. The van der Waals surface area contributed by atoms with Crippen molar-refractivity contribution < 1.29 is 0 Å². The zero-order valence-electron chi connectivity index (χ0n) is 9.82. The number of rotatable bonds is 6. The maximum atomic E-state index is 5.75. The van der Waals surface area contributed by atoms with Crippen LogP contribution in [0.3, 0.4) is 0 Å². The number of pyridine rings is 1. The van der Waals surface area contributed by atoms with Crippen LogP contribution in [0.15, 0.2) is 18.3 Å². The van der Waals surface area contributed by atoms with Crippen LogP contribution in [0.4, 0.5) is 11.5 Å². The molecule has 2 rings (SSSR count). The number of aromatic nitrogens is 1. The minimum absolute atomic E-state index is 0.581. The van der Waals surface area contributed by atoms with Gasteiger partial charge in [-0.05, 0) is 31.5 Å². The lowest BCUT2D eigenvalue weighted by Crippen LogP contribution is -2.31. The average molecular weight is 220 g/mol. The smallest absolute Gasteiger partial charge is 0.146 e. The summed E-state index contributed by atoms with van der Waals surface area (Å²) in [5.41, 5.74) is 6.69. The molecule has 0 saturated heterocycles. The topological polar surface area (TPSA) is 54.2 Å². The zero-order valence-corrected chi connectivity index (χ0v) is 9.82. The van der Waals surface area contributed by atoms with Crippen molar-refractivity contribution in [1.29, 1.82) is 0 Å². The van der Waals surface area contributed by atoms with Gasteiger partial charge in [0.15, 0.2) is 0 Å². The summed E-state index contributed by atoms with van der Waals surface area (Å²) >= 11 is 0. The van der Waals surface area contributed by atoms with Crippen LogP contribution in [-0.2, 0) is 0 Å². The van der Waals surface area contributed by atoms with Crippen LogP contribution in [0.1, 0.15) is 19.8 Å². The van der Waals surface area contributed by atoms with Crippen LogP contribution in [0.2, 0.25) is 0 Å². The molecule has 88 valence electrons. The standard InChI is InChI=1S/C12H20N4/c1-2-16(10-5-6-10)9-8-14-11-4-3-7-15-12(11)13/h3-4,7,10,14H,2,5-6,8-9H2,1H3,(H2,13,15). The number of nitrogens with zero attached hydrogens (tertiary/aromatic N) is 2. The molecule has 0 bridgehead atoms. The first kappa shape index (κ1) is 11.2. The SMILES string of the molecule is CCN(CCNc1cccnc1N)C1CC1. The lowest BCUT2D eigenvalue weighted by Gasteiger charge is -2.20. The second-order valence-corrected chi connectivity index (χ2v) is 4.22. The molecule has 16 heavy (non-hydrogen) atoms. The van der Waals surface area contributed by atoms with Gasteiger partial charge in [0, 0.05) is 25.3 Å². The van der Waals surface area contributed by atoms with E-state index in [-0.39, 0.29) is 0 Å². The Labute approximate surface area is 96.8 Å². The molecule has 1 saturated carbocycles. The van der Waals surface area contributed by atoms with Gasteiger partial charge in [-0.2, -0.15) is 0 Å². The van der Waals surface area contributed by atoms with E-state index >= 15 is 0 Å². The van der Waals surface area contributed by atoms with Crippen LogP contribution >= 0.6 is 0 Å². The molecule has 0 aromatic carbocycles. The van der Waals surface area contributed by atoms with Gasteiger partial charge in [-0.3, -0.25) is 4.90 Å². The van der Waals surface area contributed by atoms with Crippen LogP contribution in [0, 0.1) is 0 Å². The van der Waals surface area contributed by atoms with Crippen molar-refractivity contribution in [1.82, 2.24) is 9.88 Å². The third-order valence-electron chi connectivity index (χ3n) is 3.02. The maximum Gasteiger partial charge on any atom is 0.146 e. The molecule has 1 aliphatic carbocycles. The molecule has 0 amide bonds. The largest absolute Gasteiger partial charge is 0.382 e. The summed E-state index contributed by atoms with van der Waals surface area (Å²) in [4.78, 5) is 6.56. The fraction of sp³-hybridized carbons (Fsp3) is 0.583. The fourth-order valence-corrected chi connectivity index (χ4v) is 1.94. The van der Waals surface area contributed by atoms with Gasteiger partial charge in [-0.15, -0.1) is 0 Å². The van der Waals surface area contributed by atoms with Crippen LogP contribution in [0.5, 0.6) is 0 Å². The summed E-state index contributed by atoms with van der Waals surface area (Å²) in [5.74, 6) is 0.581. The summed E-state index contributed by atoms with van der Waals surface area (Å²) in [6.45, 7) is 5.36. The molecule has 4 heteroatoms. The predicted molar refractivity (Wildman–Crippen MR) is 67.4 cm³/mol. The number of hydrogen-bond acceptors (Lipinski definition) is 4. The second-order valence-electron chi connectivity index (χ2n) is 4.22. The molecule has 0 aliphatic heterocycles. The first-order valence-corrected chi connectivity index (χ1v) is 5.99. The van der Waals surface area contributed by atoms with Gasteiger partial charge in [-0.25, -0.2) is 4.98 Å². The molecule has 1 fully saturated rings. The van der Waals surface area contributed by atoms with Crippen molar-refractivity contribution in [3.8, 4) is 0 Å². The summed E-state index contributed by atoms with van der Waals surface area (Å²) < 4.78 is 0. The lowest BCUT2D eigenvalue weighted by atomic mass is 10.3. The maximum absolute atomic E-state index is 5.75. The molecule has 0 unspecified atom stereocenters. The Morgan fingerprint density at radius 3 is 3.00 bits per heavy atom. The van der Waals surface area contributed by atoms with E-state index in [0.29, 0.717) is 5.82 Å². The summed E-state index contributed by atoms with van der Waals surface area (Å²) in [6, 6.07) is 4.70. The molecular formula is C12H20N4. The van der Waals surface area contributed by atoms with Gasteiger partial charge < -0.3 is 11.1 Å². The van der Waals surface area contributed by atoms with Crippen molar-refractivity contribution in [2.24, 2.45) is 0 Å². The highest BCUT2D eigenvalue weighted by Gasteiger charge is 2.27. The van der Waals surface area contributed by atoms with Crippen molar-refractivity contribution >= 4 is 11.5 Å². The molecule has 1 heterocycles. The molecule has 0 spiro atoms. The van der Waals surface area contributed by atoms with E-state index in [1.807, 2.05) is 12.1 Å². The molecular weight excluding hydrogens is 200 g/mol. The number of nitrogens with one attached hydrogen (secondary N) is 1. The number of likely N-dealkylation sites (N-methyl/N-ethyl adjacent to an activating group) is 1. The average Bonchev–Trinajstić information content (AvgIpc) is 3.11. The first-order chi connectivity index (χ1) is 7.81. The number of nitrogens with two attached hydrogens (primary N) is 1. The molecule has 0 radical (unpaired) electrons. The minimum atomic E-state index is 0.581. The van der Waals surface area contributed by atoms with Crippen molar-refractivity contribution in [2.75, 3.05) is 30.7 Å². The molecule has 1 aromatic rings. The third-order valence-corrected chi connectivity index (χ3v) is 3.02. The zero-order chi connectivity index (χ0) is 11.4. The highest BCUT2D eigenvalue weighted by atomic mass is 15.2. The highest BCUT2D eigenvalue weighted by molar-refractivity contribution is 5.60. The Kier molecular flexibility index (Phi) is 3.62. The Balaban J connectivity index is 1.77. The van der Waals surface area contributed by atoms with E-state index < -0.39 is 0 Å². The van der Waals surface area contributed by atoms with Gasteiger partial charge >= 0.3 is 0 Å². The molecule has 4 nitrogen and oxygen atoms in total. The summed E-state index contributed by atoms with van der Waals surface area (Å²) in [5, 5.41) is 3.33. The van der Waals surface area contributed by atoms with Gasteiger partial charge in [-0.1, -0.05) is 6.92 Å². The second kappa shape index (κ2) is 5.16. The Bertz CT molecular complexity index is 336. The summed E-state index contributed by atoms with van der Waals surface area (Å²) in [7, 11) is 0. The molecule has 1 aromatic heterocycles. The molecule has 3 N–H and O–H groups in total. The quantitative estimate of drug-likeness (QED) is 0.764. The molecule has 1 aliphatic rings. The Hall–Kier alpha value is -1.29. The van der Waals surface area contributed by atoms with Crippen molar-refractivity contribution in [3.05, 3.63) is 18.3 Å². The van der Waals surface area contributed by atoms with Gasteiger partial charge in [0.25, 0.3) is 0 Å². The highest BCUT2D eigenvalue weighted by Crippen LogP contribution is 2.26. The lowest BCUT2D eigenvalue weighted by molar-refractivity contribution is 0.289. The number of hydrogen-bond donors (Lipinski definition) is 2. The monoisotopic (exact) mass is 220 g/mol. The van der Waals surface area contributed by atoms with E-state index in [2.05, 4.69) is 22.1 Å². The van der Waals surface area contributed by atoms with Crippen molar-refractivity contribution in [2.45, 2.75) is 25.8 Å². The van der Waals surface area contributed by atoms with Crippen molar-refractivity contribution in [3.63, 3.8) is 0 Å². The first-order valence-electron chi connectivity index (χ1n) is 5.99. The van der Waals surface area contributed by atoms with E-state index in [1.54, 1.807) is 6.20 Å². The normalized spacial score (nSPS) is 15.4. The van der Waals surface area contributed by atoms with Gasteiger partial charge in [0.05, 0.1) is 5.69 Å². The van der Waals surface area contributed by atoms with Gasteiger partial charge in [0.1, 0.15) is 5.82 Å². The third kappa shape index (κ3) is 2.85. The molecule has 0 atom stereocenters. The van der Waals surface area contributed by atoms with Crippen LogP contribution in [0.25, 0.3) is 0 Å². The van der Waals surface area contributed by atoms with Crippen LogP contribution in [-0.4, -0.2) is 35.6 Å².